The van der Waals surface area contributed by atoms with Crippen LogP contribution in [0.4, 0.5) is 0 Å². The van der Waals surface area contributed by atoms with Gasteiger partial charge in [0.25, 0.3) is 0 Å². The predicted molar refractivity (Wildman–Crippen MR) is 48.7 cm³/mol. The third-order valence-electron chi connectivity index (χ3n) is 2.36. The maximum absolute atomic E-state index is 11.5. The van der Waals surface area contributed by atoms with Crippen LogP contribution in [0.1, 0.15) is 23.4 Å². The van der Waals surface area contributed by atoms with Crippen molar-refractivity contribution in [2.24, 2.45) is 0 Å². The molecule has 0 N–H and O–H groups in total. The van der Waals surface area contributed by atoms with Crippen molar-refractivity contribution in [1.29, 1.82) is 0 Å². The molecule has 0 amide bonds. The average Bonchev–Trinajstić information content (AvgIpc) is 2.74. The Hall–Kier alpha value is -1.09. The van der Waals surface area contributed by atoms with Gasteiger partial charge in [0.1, 0.15) is 0 Å². The number of carbonyl (C=O) groups is 1. The van der Waals surface area contributed by atoms with Crippen molar-refractivity contribution < 1.29 is 9.21 Å². The van der Waals surface area contributed by atoms with E-state index in [0.29, 0.717) is 12.3 Å². The van der Waals surface area contributed by atoms with Gasteiger partial charge in [-0.25, -0.2) is 0 Å². The van der Waals surface area contributed by atoms with Gasteiger partial charge >= 0.3 is 0 Å². The largest absolute Gasteiger partial charge is 0.461 e. The standard InChI is InChI=1S/C10H13NO2/c12-9(10-4-3-7-13-10)8-11-5-1-2-6-11/h3-4,7H,1-2,5-6,8H2. The number of hydrogen-bond acceptors (Lipinski definition) is 3. The highest BCUT2D eigenvalue weighted by molar-refractivity contribution is 5.94. The molecule has 1 fully saturated rings. The van der Waals surface area contributed by atoms with Crippen molar-refractivity contribution in [1.82, 2.24) is 4.90 Å². The molecule has 1 aliphatic heterocycles. The minimum absolute atomic E-state index is 0.0897. The van der Waals surface area contributed by atoms with Crippen molar-refractivity contribution in [2.75, 3.05) is 19.6 Å². The van der Waals surface area contributed by atoms with E-state index in [9.17, 15) is 4.79 Å². The molecule has 2 heterocycles. The third kappa shape index (κ3) is 1.98. The molecule has 1 saturated heterocycles. The topological polar surface area (TPSA) is 33.5 Å². The summed E-state index contributed by atoms with van der Waals surface area (Å²) in [6.07, 6.45) is 3.97. The maximum atomic E-state index is 11.5. The van der Waals surface area contributed by atoms with Crippen LogP contribution in [0.5, 0.6) is 0 Å². The van der Waals surface area contributed by atoms with Crippen LogP contribution < -0.4 is 0 Å². The van der Waals surface area contributed by atoms with Gasteiger partial charge in [0, 0.05) is 0 Å². The van der Waals surface area contributed by atoms with Gasteiger partial charge in [0.15, 0.2) is 5.76 Å². The summed E-state index contributed by atoms with van der Waals surface area (Å²) < 4.78 is 5.03. The average molecular weight is 179 g/mol. The fraction of sp³-hybridized carbons (Fsp3) is 0.500. The summed E-state index contributed by atoms with van der Waals surface area (Å²) in [6, 6.07) is 3.47. The van der Waals surface area contributed by atoms with Crippen LogP contribution in [0.3, 0.4) is 0 Å². The summed E-state index contributed by atoms with van der Waals surface area (Å²) in [6.45, 7) is 2.60. The number of furan rings is 1. The zero-order chi connectivity index (χ0) is 9.10. The van der Waals surface area contributed by atoms with Crippen molar-refractivity contribution in [3.63, 3.8) is 0 Å². The summed E-state index contributed by atoms with van der Waals surface area (Å²) in [5.74, 6) is 0.568. The van der Waals surface area contributed by atoms with E-state index in [2.05, 4.69) is 4.90 Å². The molecule has 3 nitrogen and oxygen atoms in total. The summed E-state index contributed by atoms with van der Waals surface area (Å²) in [5, 5.41) is 0. The minimum Gasteiger partial charge on any atom is -0.461 e. The molecular weight excluding hydrogens is 166 g/mol. The highest BCUT2D eigenvalue weighted by atomic mass is 16.3. The number of nitrogens with zero attached hydrogens (tertiary/aromatic N) is 1. The quantitative estimate of drug-likeness (QED) is 0.660. The molecule has 0 unspecified atom stereocenters. The molecule has 1 aromatic heterocycles. The molecule has 0 saturated carbocycles. The van der Waals surface area contributed by atoms with Crippen LogP contribution in [0.25, 0.3) is 0 Å². The Labute approximate surface area is 77.3 Å². The molecule has 13 heavy (non-hydrogen) atoms. The molecule has 0 bridgehead atoms. The molecule has 0 aromatic carbocycles. The maximum Gasteiger partial charge on any atom is 0.211 e. The van der Waals surface area contributed by atoms with Crippen molar-refractivity contribution in [2.45, 2.75) is 12.8 Å². The highest BCUT2D eigenvalue weighted by Crippen LogP contribution is 2.09. The summed E-state index contributed by atoms with van der Waals surface area (Å²) in [5.41, 5.74) is 0. The molecule has 0 atom stereocenters. The third-order valence-corrected chi connectivity index (χ3v) is 2.36. The molecule has 70 valence electrons. The van der Waals surface area contributed by atoms with E-state index in [1.165, 1.54) is 19.1 Å². The Kier molecular flexibility index (Phi) is 2.45. The molecular formula is C10H13NO2. The minimum atomic E-state index is 0.0897. The number of ketones is 1. The first-order valence-corrected chi connectivity index (χ1v) is 4.65. The lowest BCUT2D eigenvalue weighted by atomic mass is 10.3. The van der Waals surface area contributed by atoms with E-state index >= 15 is 0 Å². The van der Waals surface area contributed by atoms with Crippen molar-refractivity contribution in [3.8, 4) is 0 Å². The fourth-order valence-corrected chi connectivity index (χ4v) is 1.66. The van der Waals surface area contributed by atoms with E-state index in [1.807, 2.05) is 0 Å². The number of Topliss-reactive ketones (excluding diaryl/α,β-unsaturated/α-hetero) is 1. The number of rotatable bonds is 3. The lowest BCUT2D eigenvalue weighted by molar-refractivity contribution is 0.0918. The Morgan fingerprint density at radius 2 is 2.23 bits per heavy atom. The summed E-state index contributed by atoms with van der Waals surface area (Å²) in [4.78, 5) is 13.7. The molecule has 0 aliphatic carbocycles. The molecule has 1 aromatic rings. The first kappa shape index (κ1) is 8.51. The Morgan fingerprint density at radius 1 is 1.46 bits per heavy atom. The van der Waals surface area contributed by atoms with Gasteiger partial charge in [0.2, 0.25) is 5.78 Å². The zero-order valence-electron chi connectivity index (χ0n) is 7.53. The van der Waals surface area contributed by atoms with Crippen LogP contribution >= 0.6 is 0 Å². The Balaban J connectivity index is 1.91. The first-order chi connectivity index (χ1) is 6.36. The predicted octanol–water partition coefficient (Wildman–Crippen LogP) is 1.56. The van der Waals surface area contributed by atoms with Crippen LogP contribution in [-0.2, 0) is 0 Å². The second-order valence-corrected chi connectivity index (χ2v) is 3.38. The lowest BCUT2D eigenvalue weighted by Gasteiger charge is -2.11. The van der Waals surface area contributed by atoms with Gasteiger partial charge in [-0.1, -0.05) is 0 Å². The summed E-state index contributed by atoms with van der Waals surface area (Å²) >= 11 is 0. The number of likely N-dealkylation sites (tertiary alicyclic amines) is 1. The van der Waals surface area contributed by atoms with Crippen molar-refractivity contribution >= 4 is 5.78 Å². The smallest absolute Gasteiger partial charge is 0.211 e. The Morgan fingerprint density at radius 3 is 2.85 bits per heavy atom. The van der Waals surface area contributed by atoms with E-state index in [1.54, 1.807) is 12.1 Å². The van der Waals surface area contributed by atoms with Crippen LogP contribution in [0.15, 0.2) is 22.8 Å². The van der Waals surface area contributed by atoms with Gasteiger partial charge in [-0.3, -0.25) is 9.69 Å². The van der Waals surface area contributed by atoms with Gasteiger partial charge in [-0.15, -0.1) is 0 Å². The van der Waals surface area contributed by atoms with Crippen LogP contribution in [-0.4, -0.2) is 30.3 Å². The van der Waals surface area contributed by atoms with E-state index in [0.717, 1.165) is 13.1 Å². The van der Waals surface area contributed by atoms with Gasteiger partial charge in [-0.2, -0.15) is 0 Å². The molecule has 3 heteroatoms. The van der Waals surface area contributed by atoms with Gasteiger partial charge < -0.3 is 4.42 Å². The second-order valence-electron chi connectivity index (χ2n) is 3.38. The fourth-order valence-electron chi connectivity index (χ4n) is 1.66. The highest BCUT2D eigenvalue weighted by Gasteiger charge is 2.17. The van der Waals surface area contributed by atoms with Gasteiger partial charge in [-0.05, 0) is 38.1 Å². The van der Waals surface area contributed by atoms with Crippen molar-refractivity contribution in [3.05, 3.63) is 24.2 Å². The van der Waals surface area contributed by atoms with E-state index in [-0.39, 0.29) is 5.78 Å². The van der Waals surface area contributed by atoms with E-state index < -0.39 is 0 Å². The SMILES string of the molecule is O=C(CN1CCCC1)c1ccco1. The molecule has 0 radical (unpaired) electrons. The summed E-state index contributed by atoms with van der Waals surface area (Å²) in [7, 11) is 0. The molecule has 2 rings (SSSR count). The lowest BCUT2D eigenvalue weighted by Crippen LogP contribution is -2.26. The molecule has 1 aliphatic rings. The zero-order valence-corrected chi connectivity index (χ0v) is 7.53. The Bertz CT molecular complexity index is 273. The number of hydrogen-bond donors (Lipinski definition) is 0. The normalized spacial score (nSPS) is 17.8. The van der Waals surface area contributed by atoms with Crippen LogP contribution in [0, 0.1) is 0 Å². The second kappa shape index (κ2) is 3.75. The first-order valence-electron chi connectivity index (χ1n) is 4.65. The molecule has 0 spiro atoms. The number of carbonyl (C=O) groups excluding carboxylic acids is 1. The van der Waals surface area contributed by atoms with Crippen LogP contribution in [0.2, 0.25) is 0 Å². The van der Waals surface area contributed by atoms with Gasteiger partial charge in [0.05, 0.1) is 12.8 Å². The monoisotopic (exact) mass is 179 g/mol. The van der Waals surface area contributed by atoms with E-state index in [4.69, 9.17) is 4.42 Å².